The summed E-state index contributed by atoms with van der Waals surface area (Å²) < 4.78 is 5.36. The average molecular weight is 217 g/mol. The highest BCUT2D eigenvalue weighted by Crippen LogP contribution is 2.22. The number of furan rings is 1. The summed E-state index contributed by atoms with van der Waals surface area (Å²) in [6, 6.07) is 3.70. The Labute approximate surface area is 94.5 Å². The van der Waals surface area contributed by atoms with E-state index in [0.29, 0.717) is 17.4 Å². The number of aromatic nitrogens is 2. The number of rotatable bonds is 3. The standard InChI is InChI=1S/C12H15N3O/c1-3-4-9-7-10(13)15-12(14-9)11-8(2)5-6-16-11/h5-7H,3-4H2,1-2H3,(H2,13,14,15). The third kappa shape index (κ3) is 2.05. The van der Waals surface area contributed by atoms with Gasteiger partial charge >= 0.3 is 0 Å². The van der Waals surface area contributed by atoms with Crippen LogP contribution in [0.1, 0.15) is 24.6 Å². The number of nitrogens with two attached hydrogens (primary N) is 1. The van der Waals surface area contributed by atoms with Crippen LogP contribution in [0.4, 0.5) is 5.82 Å². The van der Waals surface area contributed by atoms with E-state index in [1.54, 1.807) is 6.26 Å². The summed E-state index contributed by atoms with van der Waals surface area (Å²) in [7, 11) is 0. The third-order valence-corrected chi connectivity index (χ3v) is 2.37. The average Bonchev–Trinajstić information content (AvgIpc) is 2.64. The molecule has 0 aliphatic heterocycles. The van der Waals surface area contributed by atoms with Crippen LogP contribution in [0, 0.1) is 6.92 Å². The van der Waals surface area contributed by atoms with Crippen molar-refractivity contribution in [2.75, 3.05) is 5.73 Å². The van der Waals surface area contributed by atoms with Gasteiger partial charge in [0, 0.05) is 11.8 Å². The fourth-order valence-corrected chi connectivity index (χ4v) is 1.61. The molecule has 0 spiro atoms. The molecule has 0 saturated heterocycles. The molecule has 84 valence electrons. The lowest BCUT2D eigenvalue weighted by atomic mass is 10.2. The lowest BCUT2D eigenvalue weighted by Gasteiger charge is -2.03. The molecule has 0 atom stereocenters. The molecular weight excluding hydrogens is 202 g/mol. The lowest BCUT2D eigenvalue weighted by Crippen LogP contribution is -2.00. The molecule has 0 fully saturated rings. The van der Waals surface area contributed by atoms with Crippen molar-refractivity contribution in [3.8, 4) is 11.6 Å². The first-order valence-electron chi connectivity index (χ1n) is 5.38. The van der Waals surface area contributed by atoms with E-state index in [-0.39, 0.29) is 0 Å². The first-order valence-corrected chi connectivity index (χ1v) is 5.38. The van der Waals surface area contributed by atoms with Crippen LogP contribution in [0.15, 0.2) is 22.8 Å². The summed E-state index contributed by atoms with van der Waals surface area (Å²) in [5.41, 5.74) is 7.73. The molecule has 2 aromatic rings. The molecule has 0 bridgehead atoms. The molecule has 16 heavy (non-hydrogen) atoms. The quantitative estimate of drug-likeness (QED) is 0.858. The van der Waals surface area contributed by atoms with Crippen LogP contribution in [0.25, 0.3) is 11.6 Å². The van der Waals surface area contributed by atoms with Crippen LogP contribution in [0.3, 0.4) is 0 Å². The second kappa shape index (κ2) is 4.35. The third-order valence-electron chi connectivity index (χ3n) is 2.37. The molecule has 4 heteroatoms. The van der Waals surface area contributed by atoms with Crippen LogP contribution in [0.2, 0.25) is 0 Å². The van der Waals surface area contributed by atoms with Gasteiger partial charge in [-0.05, 0) is 25.0 Å². The van der Waals surface area contributed by atoms with Crippen molar-refractivity contribution in [1.82, 2.24) is 9.97 Å². The van der Waals surface area contributed by atoms with Gasteiger partial charge in [-0.2, -0.15) is 0 Å². The van der Waals surface area contributed by atoms with Crippen molar-refractivity contribution >= 4 is 5.82 Å². The Balaban J connectivity index is 2.45. The van der Waals surface area contributed by atoms with Gasteiger partial charge < -0.3 is 10.2 Å². The molecule has 2 heterocycles. The van der Waals surface area contributed by atoms with Gasteiger partial charge in [-0.3, -0.25) is 0 Å². The van der Waals surface area contributed by atoms with Crippen LogP contribution in [0.5, 0.6) is 0 Å². The highest BCUT2D eigenvalue weighted by molar-refractivity contribution is 5.54. The number of nitrogens with zero attached hydrogens (tertiary/aromatic N) is 2. The zero-order chi connectivity index (χ0) is 11.5. The SMILES string of the molecule is CCCc1cc(N)nc(-c2occc2C)n1. The Morgan fingerprint density at radius 2 is 2.19 bits per heavy atom. The maximum absolute atomic E-state index is 5.75. The molecule has 0 unspecified atom stereocenters. The highest BCUT2D eigenvalue weighted by atomic mass is 16.3. The summed E-state index contributed by atoms with van der Waals surface area (Å²) in [6.07, 6.45) is 3.57. The second-order valence-electron chi connectivity index (χ2n) is 3.79. The van der Waals surface area contributed by atoms with Crippen molar-refractivity contribution in [1.29, 1.82) is 0 Å². The molecule has 4 nitrogen and oxygen atoms in total. The Morgan fingerprint density at radius 1 is 1.38 bits per heavy atom. The predicted molar refractivity (Wildman–Crippen MR) is 62.9 cm³/mol. The van der Waals surface area contributed by atoms with E-state index in [9.17, 15) is 0 Å². The van der Waals surface area contributed by atoms with Gasteiger partial charge in [-0.15, -0.1) is 0 Å². The van der Waals surface area contributed by atoms with E-state index in [2.05, 4.69) is 16.9 Å². The second-order valence-corrected chi connectivity index (χ2v) is 3.79. The first kappa shape index (κ1) is 10.7. The van der Waals surface area contributed by atoms with Crippen molar-refractivity contribution < 1.29 is 4.42 Å². The maximum Gasteiger partial charge on any atom is 0.198 e. The summed E-state index contributed by atoms with van der Waals surface area (Å²) in [6.45, 7) is 4.07. The van der Waals surface area contributed by atoms with Crippen LogP contribution in [-0.2, 0) is 6.42 Å². The highest BCUT2D eigenvalue weighted by Gasteiger charge is 2.10. The molecule has 0 radical (unpaired) electrons. The Hall–Kier alpha value is -1.84. The van der Waals surface area contributed by atoms with Crippen LogP contribution >= 0.6 is 0 Å². The summed E-state index contributed by atoms with van der Waals surface area (Å²) >= 11 is 0. The van der Waals surface area contributed by atoms with E-state index in [4.69, 9.17) is 10.2 Å². The fourth-order valence-electron chi connectivity index (χ4n) is 1.61. The lowest BCUT2D eigenvalue weighted by molar-refractivity contribution is 0.575. The molecular formula is C12H15N3O. The minimum Gasteiger partial charge on any atom is -0.461 e. The maximum atomic E-state index is 5.75. The topological polar surface area (TPSA) is 64.9 Å². The predicted octanol–water partition coefficient (Wildman–Crippen LogP) is 2.58. The molecule has 0 aliphatic rings. The van der Waals surface area contributed by atoms with Crippen molar-refractivity contribution in [3.63, 3.8) is 0 Å². The van der Waals surface area contributed by atoms with Gasteiger partial charge in [0.05, 0.1) is 6.26 Å². The van der Waals surface area contributed by atoms with Crippen molar-refractivity contribution in [2.45, 2.75) is 26.7 Å². The largest absolute Gasteiger partial charge is 0.461 e. The van der Waals surface area contributed by atoms with Gasteiger partial charge in [0.15, 0.2) is 11.6 Å². The van der Waals surface area contributed by atoms with Crippen molar-refractivity contribution in [3.05, 3.63) is 29.7 Å². The van der Waals surface area contributed by atoms with Gasteiger partial charge in [-0.1, -0.05) is 13.3 Å². The van der Waals surface area contributed by atoms with E-state index in [1.807, 2.05) is 19.1 Å². The minimum absolute atomic E-state index is 0.490. The van der Waals surface area contributed by atoms with Crippen molar-refractivity contribution in [2.24, 2.45) is 0 Å². The number of hydrogen-bond donors (Lipinski definition) is 1. The smallest absolute Gasteiger partial charge is 0.198 e. The first-order chi connectivity index (χ1) is 7.70. The fraction of sp³-hybridized carbons (Fsp3) is 0.333. The van der Waals surface area contributed by atoms with E-state index in [0.717, 1.165) is 24.1 Å². The van der Waals surface area contributed by atoms with Gasteiger partial charge in [0.1, 0.15) is 5.82 Å². The molecule has 0 aromatic carbocycles. The number of aryl methyl sites for hydroxylation is 2. The Kier molecular flexibility index (Phi) is 2.90. The molecule has 2 rings (SSSR count). The molecule has 0 aliphatic carbocycles. The molecule has 0 amide bonds. The van der Waals surface area contributed by atoms with Crippen LogP contribution in [-0.4, -0.2) is 9.97 Å². The zero-order valence-corrected chi connectivity index (χ0v) is 9.53. The molecule has 2 aromatic heterocycles. The number of nitrogen functional groups attached to an aromatic ring is 1. The molecule has 0 saturated carbocycles. The minimum atomic E-state index is 0.490. The van der Waals surface area contributed by atoms with E-state index >= 15 is 0 Å². The Morgan fingerprint density at radius 3 is 2.81 bits per heavy atom. The van der Waals surface area contributed by atoms with Gasteiger partial charge in [-0.25, -0.2) is 9.97 Å². The zero-order valence-electron chi connectivity index (χ0n) is 9.53. The monoisotopic (exact) mass is 217 g/mol. The summed E-state index contributed by atoms with van der Waals surface area (Å²) in [5, 5.41) is 0. The van der Waals surface area contributed by atoms with E-state index < -0.39 is 0 Å². The molecule has 2 N–H and O–H groups in total. The Bertz CT molecular complexity index is 491. The number of hydrogen-bond acceptors (Lipinski definition) is 4. The van der Waals surface area contributed by atoms with E-state index in [1.165, 1.54) is 0 Å². The van der Waals surface area contributed by atoms with Gasteiger partial charge in [0.2, 0.25) is 0 Å². The van der Waals surface area contributed by atoms with Gasteiger partial charge in [0.25, 0.3) is 0 Å². The summed E-state index contributed by atoms with van der Waals surface area (Å²) in [5.74, 6) is 1.76. The normalized spacial score (nSPS) is 10.6. The number of anilines is 1. The van der Waals surface area contributed by atoms with Crippen LogP contribution < -0.4 is 5.73 Å². The summed E-state index contributed by atoms with van der Waals surface area (Å²) in [4.78, 5) is 8.63.